The Morgan fingerprint density at radius 1 is 1.35 bits per heavy atom. The van der Waals surface area contributed by atoms with Crippen LogP contribution in [0.2, 0.25) is 0 Å². The number of hydrogen-bond acceptors (Lipinski definition) is 4. The molecule has 2 rings (SSSR count). The molecule has 1 N–H and O–H groups in total. The lowest BCUT2D eigenvalue weighted by Gasteiger charge is -2.27. The minimum Gasteiger partial charge on any atom is -0.359 e. The normalized spacial score (nSPS) is 17.0. The highest BCUT2D eigenvalue weighted by atomic mass is 19.4. The number of amides is 1. The Balaban J connectivity index is 1.86. The third kappa shape index (κ3) is 5.70. The van der Waals surface area contributed by atoms with Gasteiger partial charge < -0.3 is 15.0 Å². The number of rotatable bonds is 5. The summed E-state index contributed by atoms with van der Waals surface area (Å²) in [6.07, 6.45) is -0.661. The van der Waals surface area contributed by atoms with E-state index in [1.807, 2.05) is 0 Å². The van der Waals surface area contributed by atoms with Gasteiger partial charge in [-0.2, -0.15) is 13.2 Å². The summed E-state index contributed by atoms with van der Waals surface area (Å²) in [5, 5.41) is 2.50. The number of carbonyl (C=O) groups is 1. The van der Waals surface area contributed by atoms with E-state index < -0.39 is 24.8 Å². The van der Waals surface area contributed by atoms with Crippen molar-refractivity contribution in [1.29, 1.82) is 0 Å². The molecule has 0 radical (unpaired) electrons. The molecule has 1 aliphatic rings. The lowest BCUT2D eigenvalue weighted by molar-refractivity contribution is -0.184. The molecule has 1 atom stereocenters. The van der Waals surface area contributed by atoms with Crippen LogP contribution in [0.25, 0.3) is 0 Å². The van der Waals surface area contributed by atoms with E-state index in [0.29, 0.717) is 5.69 Å². The van der Waals surface area contributed by atoms with Gasteiger partial charge in [-0.05, 0) is 38.3 Å². The smallest absolute Gasteiger partial charge is 0.359 e. The SMILES string of the molecule is C[C@H](OCC(F)(F)F)C(=O)Nc1ccc(N2CCCCC2)nc1. The Morgan fingerprint density at radius 3 is 2.61 bits per heavy atom. The van der Waals surface area contributed by atoms with E-state index in [0.717, 1.165) is 31.7 Å². The summed E-state index contributed by atoms with van der Waals surface area (Å²) in [5.41, 5.74) is 0.429. The molecule has 0 bridgehead atoms. The predicted molar refractivity (Wildman–Crippen MR) is 80.4 cm³/mol. The molecular weight excluding hydrogens is 311 g/mol. The maximum Gasteiger partial charge on any atom is 0.411 e. The number of aromatic nitrogens is 1. The van der Waals surface area contributed by atoms with Gasteiger partial charge in [0, 0.05) is 13.1 Å². The standard InChI is InChI=1S/C15H20F3N3O2/c1-11(23-10-15(16,17)18)14(22)20-12-5-6-13(19-9-12)21-7-3-2-4-8-21/h5-6,9,11H,2-4,7-8,10H2,1H3,(H,20,22)/t11-/m0/s1. The van der Waals surface area contributed by atoms with Gasteiger partial charge in [0.25, 0.3) is 5.91 Å². The fraction of sp³-hybridized carbons (Fsp3) is 0.600. The third-order valence-corrected chi connectivity index (χ3v) is 3.56. The summed E-state index contributed by atoms with van der Waals surface area (Å²) in [5.74, 6) is 0.200. The van der Waals surface area contributed by atoms with Crippen molar-refractivity contribution in [3.05, 3.63) is 18.3 Å². The number of ether oxygens (including phenoxy) is 1. The molecule has 1 amide bonds. The molecule has 1 saturated heterocycles. The van der Waals surface area contributed by atoms with Gasteiger partial charge in [0.15, 0.2) is 0 Å². The molecule has 1 aliphatic heterocycles. The van der Waals surface area contributed by atoms with Crippen LogP contribution in [0.15, 0.2) is 18.3 Å². The van der Waals surface area contributed by atoms with Gasteiger partial charge in [0.1, 0.15) is 18.5 Å². The van der Waals surface area contributed by atoms with Crippen LogP contribution < -0.4 is 10.2 Å². The third-order valence-electron chi connectivity index (χ3n) is 3.56. The molecule has 128 valence electrons. The number of carbonyl (C=O) groups excluding carboxylic acids is 1. The molecule has 2 heterocycles. The largest absolute Gasteiger partial charge is 0.411 e. The zero-order valence-corrected chi connectivity index (χ0v) is 12.9. The molecule has 23 heavy (non-hydrogen) atoms. The minimum atomic E-state index is -4.45. The highest BCUT2D eigenvalue weighted by molar-refractivity contribution is 5.93. The van der Waals surface area contributed by atoms with Crippen molar-refractivity contribution < 1.29 is 22.7 Å². The number of alkyl halides is 3. The molecule has 0 aromatic carbocycles. The fourth-order valence-corrected chi connectivity index (χ4v) is 2.31. The van der Waals surface area contributed by atoms with Crippen LogP contribution in [0.3, 0.4) is 0 Å². The number of nitrogens with zero attached hydrogens (tertiary/aromatic N) is 2. The van der Waals surface area contributed by atoms with E-state index in [4.69, 9.17) is 0 Å². The van der Waals surface area contributed by atoms with E-state index >= 15 is 0 Å². The van der Waals surface area contributed by atoms with E-state index in [1.54, 1.807) is 12.1 Å². The van der Waals surface area contributed by atoms with Crippen molar-refractivity contribution in [2.45, 2.75) is 38.5 Å². The topological polar surface area (TPSA) is 54.5 Å². The summed E-state index contributed by atoms with van der Waals surface area (Å²) >= 11 is 0. The van der Waals surface area contributed by atoms with Gasteiger partial charge in [-0.1, -0.05) is 0 Å². The second-order valence-corrected chi connectivity index (χ2v) is 5.51. The zero-order valence-electron chi connectivity index (χ0n) is 12.9. The molecule has 5 nitrogen and oxygen atoms in total. The Morgan fingerprint density at radius 2 is 2.04 bits per heavy atom. The van der Waals surface area contributed by atoms with E-state index in [-0.39, 0.29) is 0 Å². The molecular formula is C15H20F3N3O2. The molecule has 0 unspecified atom stereocenters. The van der Waals surface area contributed by atoms with Crippen LogP contribution in [0.5, 0.6) is 0 Å². The van der Waals surface area contributed by atoms with E-state index in [9.17, 15) is 18.0 Å². The van der Waals surface area contributed by atoms with Crippen LogP contribution in [-0.4, -0.2) is 42.9 Å². The highest BCUT2D eigenvalue weighted by Gasteiger charge is 2.29. The Bertz CT molecular complexity index is 514. The Kier molecular flexibility index (Phi) is 5.81. The number of anilines is 2. The maximum absolute atomic E-state index is 12.1. The summed E-state index contributed by atoms with van der Waals surface area (Å²) in [6.45, 7) is 1.74. The van der Waals surface area contributed by atoms with E-state index in [1.165, 1.54) is 19.5 Å². The van der Waals surface area contributed by atoms with Crippen LogP contribution in [0.1, 0.15) is 26.2 Å². The first-order valence-electron chi connectivity index (χ1n) is 7.55. The number of pyridine rings is 1. The average molecular weight is 331 g/mol. The molecule has 1 fully saturated rings. The summed E-state index contributed by atoms with van der Waals surface area (Å²) in [7, 11) is 0. The summed E-state index contributed by atoms with van der Waals surface area (Å²) in [6, 6.07) is 3.48. The molecule has 0 saturated carbocycles. The second-order valence-electron chi connectivity index (χ2n) is 5.51. The quantitative estimate of drug-likeness (QED) is 0.901. The van der Waals surface area contributed by atoms with Crippen molar-refractivity contribution in [1.82, 2.24) is 4.98 Å². The lowest BCUT2D eigenvalue weighted by Crippen LogP contribution is -2.32. The first-order valence-corrected chi connectivity index (χ1v) is 7.55. The van der Waals surface area contributed by atoms with Gasteiger partial charge in [0.2, 0.25) is 0 Å². The highest BCUT2D eigenvalue weighted by Crippen LogP contribution is 2.19. The van der Waals surface area contributed by atoms with Gasteiger partial charge in [-0.3, -0.25) is 4.79 Å². The summed E-state index contributed by atoms with van der Waals surface area (Å²) in [4.78, 5) is 18.2. The van der Waals surface area contributed by atoms with Crippen LogP contribution in [-0.2, 0) is 9.53 Å². The van der Waals surface area contributed by atoms with Crippen molar-refractivity contribution >= 4 is 17.4 Å². The molecule has 8 heteroatoms. The molecule has 0 aliphatic carbocycles. The molecule has 0 spiro atoms. The maximum atomic E-state index is 12.1. The lowest BCUT2D eigenvalue weighted by atomic mass is 10.1. The summed E-state index contributed by atoms with van der Waals surface area (Å²) < 4.78 is 40.7. The van der Waals surface area contributed by atoms with Crippen LogP contribution in [0.4, 0.5) is 24.7 Å². The second kappa shape index (κ2) is 7.63. The van der Waals surface area contributed by atoms with Crippen LogP contribution >= 0.6 is 0 Å². The van der Waals surface area contributed by atoms with Gasteiger partial charge in [-0.15, -0.1) is 0 Å². The predicted octanol–water partition coefficient (Wildman–Crippen LogP) is 2.98. The molecule has 1 aromatic rings. The Hall–Kier alpha value is -1.83. The number of nitrogens with one attached hydrogen (secondary N) is 1. The van der Waals surface area contributed by atoms with Crippen molar-refractivity contribution in [3.8, 4) is 0 Å². The van der Waals surface area contributed by atoms with Gasteiger partial charge in [0.05, 0.1) is 11.9 Å². The van der Waals surface area contributed by atoms with E-state index in [2.05, 4.69) is 19.9 Å². The van der Waals surface area contributed by atoms with Crippen molar-refractivity contribution in [2.75, 3.05) is 29.9 Å². The minimum absolute atomic E-state index is 0.429. The fourth-order valence-electron chi connectivity index (χ4n) is 2.31. The Labute approximate surface area is 132 Å². The van der Waals surface area contributed by atoms with Gasteiger partial charge in [-0.25, -0.2) is 4.98 Å². The zero-order chi connectivity index (χ0) is 16.9. The van der Waals surface area contributed by atoms with Crippen molar-refractivity contribution in [3.63, 3.8) is 0 Å². The molecule has 1 aromatic heterocycles. The first kappa shape index (κ1) is 17.5. The average Bonchev–Trinajstić information content (AvgIpc) is 2.53. The first-order chi connectivity index (χ1) is 10.8. The monoisotopic (exact) mass is 331 g/mol. The van der Waals surface area contributed by atoms with Crippen molar-refractivity contribution in [2.24, 2.45) is 0 Å². The number of halogens is 3. The number of hydrogen-bond donors (Lipinski definition) is 1. The number of piperidine rings is 1. The van der Waals surface area contributed by atoms with Gasteiger partial charge >= 0.3 is 6.18 Å². The van der Waals surface area contributed by atoms with Crippen LogP contribution in [0, 0.1) is 0 Å².